The number of aryl methyl sites for hydroxylation is 1. The molecule has 1 amide bonds. The number of amides is 1. The summed E-state index contributed by atoms with van der Waals surface area (Å²) in [5.74, 6) is 1.06. The monoisotopic (exact) mass is 288 g/mol. The molecule has 2 aromatic rings. The first-order chi connectivity index (χ1) is 10.1. The third-order valence-electron chi connectivity index (χ3n) is 3.77. The van der Waals surface area contributed by atoms with Crippen molar-refractivity contribution in [1.82, 2.24) is 14.5 Å². The largest absolute Gasteiger partial charge is 0.397 e. The molecule has 0 aliphatic heterocycles. The molecular weight excluding hydrogens is 264 g/mol. The minimum absolute atomic E-state index is 0.124. The van der Waals surface area contributed by atoms with Crippen LogP contribution in [-0.2, 0) is 17.8 Å². The van der Waals surface area contributed by atoms with Crippen LogP contribution in [0.4, 0.5) is 5.69 Å². The van der Waals surface area contributed by atoms with E-state index in [1.54, 1.807) is 0 Å². The molecule has 0 aliphatic rings. The van der Waals surface area contributed by atoms with Gasteiger partial charge in [0.05, 0.1) is 11.2 Å². The van der Waals surface area contributed by atoms with E-state index in [9.17, 15) is 4.79 Å². The fraction of sp³-hybridized carbons (Fsp3) is 0.500. The van der Waals surface area contributed by atoms with Crippen LogP contribution < -0.4 is 5.73 Å². The smallest absolute Gasteiger partial charge is 0.242 e. The number of fused-ring (bicyclic) bond motifs is 1. The lowest BCUT2D eigenvalue weighted by Crippen LogP contribution is -2.33. The highest BCUT2D eigenvalue weighted by atomic mass is 16.2. The van der Waals surface area contributed by atoms with Crippen LogP contribution in [0.15, 0.2) is 18.2 Å². The van der Waals surface area contributed by atoms with Crippen LogP contribution >= 0.6 is 0 Å². The number of para-hydroxylation sites is 1. The quantitative estimate of drug-likeness (QED) is 0.830. The zero-order chi connectivity index (χ0) is 15.4. The lowest BCUT2D eigenvalue weighted by atomic mass is 10.2. The van der Waals surface area contributed by atoms with Crippen molar-refractivity contribution in [2.75, 3.05) is 18.8 Å². The molecule has 5 nitrogen and oxygen atoms in total. The Kier molecular flexibility index (Phi) is 4.83. The maximum Gasteiger partial charge on any atom is 0.242 e. The van der Waals surface area contributed by atoms with Gasteiger partial charge in [-0.05, 0) is 32.4 Å². The third-order valence-corrected chi connectivity index (χ3v) is 3.77. The Morgan fingerprint density at radius 3 is 2.62 bits per heavy atom. The highest BCUT2D eigenvalue weighted by Gasteiger charge is 2.17. The highest BCUT2D eigenvalue weighted by molar-refractivity contribution is 5.89. The number of aromatic nitrogens is 2. The van der Waals surface area contributed by atoms with Gasteiger partial charge in [-0.3, -0.25) is 4.79 Å². The fourth-order valence-corrected chi connectivity index (χ4v) is 2.62. The zero-order valence-electron chi connectivity index (χ0n) is 13.1. The van der Waals surface area contributed by atoms with Gasteiger partial charge in [-0.2, -0.15) is 0 Å². The van der Waals surface area contributed by atoms with Gasteiger partial charge in [-0.1, -0.05) is 13.0 Å². The van der Waals surface area contributed by atoms with Crippen molar-refractivity contribution in [2.45, 2.75) is 40.2 Å². The lowest BCUT2D eigenvalue weighted by Gasteiger charge is -2.19. The maximum atomic E-state index is 12.4. The first-order valence-corrected chi connectivity index (χ1v) is 7.63. The van der Waals surface area contributed by atoms with Crippen LogP contribution in [0, 0.1) is 0 Å². The molecule has 0 saturated carbocycles. The zero-order valence-corrected chi connectivity index (χ0v) is 13.1. The topological polar surface area (TPSA) is 64.1 Å². The van der Waals surface area contributed by atoms with Crippen molar-refractivity contribution >= 4 is 22.6 Å². The Labute approximate surface area is 125 Å². The van der Waals surface area contributed by atoms with E-state index in [0.29, 0.717) is 12.2 Å². The van der Waals surface area contributed by atoms with Gasteiger partial charge >= 0.3 is 0 Å². The number of anilines is 1. The minimum Gasteiger partial charge on any atom is -0.397 e. The van der Waals surface area contributed by atoms with E-state index < -0.39 is 0 Å². The second-order valence-corrected chi connectivity index (χ2v) is 5.15. The Balaban J connectivity index is 2.43. The number of hydrogen-bond donors (Lipinski definition) is 1. The van der Waals surface area contributed by atoms with Crippen molar-refractivity contribution in [3.05, 3.63) is 24.0 Å². The molecular formula is C16H24N4O. The third kappa shape index (κ3) is 3.01. The molecule has 2 N–H and O–H groups in total. The van der Waals surface area contributed by atoms with E-state index in [0.717, 1.165) is 42.8 Å². The van der Waals surface area contributed by atoms with Gasteiger partial charge < -0.3 is 15.2 Å². The number of hydrogen-bond acceptors (Lipinski definition) is 3. The summed E-state index contributed by atoms with van der Waals surface area (Å²) in [5, 5.41) is 0. The van der Waals surface area contributed by atoms with E-state index >= 15 is 0 Å². The van der Waals surface area contributed by atoms with Crippen LogP contribution in [0.2, 0.25) is 0 Å². The van der Waals surface area contributed by atoms with Gasteiger partial charge in [-0.25, -0.2) is 4.98 Å². The highest BCUT2D eigenvalue weighted by Crippen LogP contribution is 2.22. The summed E-state index contributed by atoms with van der Waals surface area (Å²) in [6, 6.07) is 5.74. The molecule has 114 valence electrons. The Morgan fingerprint density at radius 2 is 2.00 bits per heavy atom. The summed E-state index contributed by atoms with van der Waals surface area (Å²) >= 11 is 0. The number of carbonyl (C=O) groups is 1. The van der Waals surface area contributed by atoms with Crippen LogP contribution in [0.25, 0.3) is 11.0 Å². The lowest BCUT2D eigenvalue weighted by molar-refractivity contribution is -0.131. The Bertz CT molecular complexity index is 628. The predicted octanol–water partition coefficient (Wildman–Crippen LogP) is 2.44. The molecule has 0 bridgehead atoms. The van der Waals surface area contributed by atoms with Crippen LogP contribution in [0.1, 0.15) is 33.0 Å². The number of carbonyl (C=O) groups excluding carboxylic acids is 1. The van der Waals surface area contributed by atoms with Gasteiger partial charge in [0, 0.05) is 19.5 Å². The van der Waals surface area contributed by atoms with Gasteiger partial charge in [0.1, 0.15) is 17.9 Å². The van der Waals surface area contributed by atoms with E-state index in [2.05, 4.69) is 11.9 Å². The predicted molar refractivity (Wildman–Crippen MR) is 86.1 cm³/mol. The SMILES string of the molecule is CCCc1nc2c(N)cccc2n1CC(=O)N(CC)CC. The first-order valence-electron chi connectivity index (χ1n) is 7.63. The molecule has 0 radical (unpaired) electrons. The molecule has 1 aromatic heterocycles. The van der Waals surface area contributed by atoms with Crippen molar-refractivity contribution in [2.24, 2.45) is 0 Å². The minimum atomic E-state index is 0.124. The number of imidazole rings is 1. The van der Waals surface area contributed by atoms with Crippen LogP contribution in [0.3, 0.4) is 0 Å². The average Bonchev–Trinajstić information content (AvgIpc) is 2.81. The summed E-state index contributed by atoms with van der Waals surface area (Å²) < 4.78 is 2.01. The molecule has 0 unspecified atom stereocenters. The van der Waals surface area contributed by atoms with Gasteiger partial charge in [0.25, 0.3) is 0 Å². The van der Waals surface area contributed by atoms with Crippen molar-refractivity contribution in [3.63, 3.8) is 0 Å². The molecule has 5 heteroatoms. The molecule has 1 heterocycles. The number of nitrogens with two attached hydrogens (primary N) is 1. The van der Waals surface area contributed by atoms with E-state index in [1.807, 2.05) is 41.5 Å². The summed E-state index contributed by atoms with van der Waals surface area (Å²) in [4.78, 5) is 18.9. The Morgan fingerprint density at radius 1 is 1.29 bits per heavy atom. The standard InChI is InChI=1S/C16H24N4O/c1-4-8-14-18-16-12(17)9-7-10-13(16)20(14)11-15(21)19(5-2)6-3/h7,9-10H,4-6,8,11,17H2,1-3H3. The van der Waals surface area contributed by atoms with E-state index in [1.165, 1.54) is 0 Å². The molecule has 0 fully saturated rings. The molecule has 0 aliphatic carbocycles. The molecule has 0 spiro atoms. The van der Waals surface area contributed by atoms with Crippen LogP contribution in [-0.4, -0.2) is 33.4 Å². The molecule has 0 saturated heterocycles. The second kappa shape index (κ2) is 6.61. The normalized spacial score (nSPS) is 11.0. The average molecular weight is 288 g/mol. The summed E-state index contributed by atoms with van der Waals surface area (Å²) in [6.45, 7) is 7.90. The van der Waals surface area contributed by atoms with Gasteiger partial charge in [0.15, 0.2) is 0 Å². The maximum absolute atomic E-state index is 12.4. The summed E-state index contributed by atoms with van der Waals surface area (Å²) in [5.41, 5.74) is 8.41. The van der Waals surface area contributed by atoms with Crippen molar-refractivity contribution < 1.29 is 4.79 Å². The van der Waals surface area contributed by atoms with E-state index in [-0.39, 0.29) is 5.91 Å². The van der Waals surface area contributed by atoms with Crippen molar-refractivity contribution in [3.8, 4) is 0 Å². The molecule has 21 heavy (non-hydrogen) atoms. The second-order valence-electron chi connectivity index (χ2n) is 5.15. The summed E-state index contributed by atoms with van der Waals surface area (Å²) in [6.07, 6.45) is 1.84. The number of benzene rings is 1. The van der Waals surface area contributed by atoms with Gasteiger partial charge in [0.2, 0.25) is 5.91 Å². The van der Waals surface area contributed by atoms with Crippen molar-refractivity contribution in [1.29, 1.82) is 0 Å². The number of nitrogen functional groups attached to an aromatic ring is 1. The Hall–Kier alpha value is -2.04. The molecule has 1 aromatic carbocycles. The summed E-state index contributed by atoms with van der Waals surface area (Å²) in [7, 11) is 0. The first kappa shape index (κ1) is 15.4. The number of likely N-dealkylation sites (N-methyl/N-ethyl adjacent to an activating group) is 1. The van der Waals surface area contributed by atoms with Crippen LogP contribution in [0.5, 0.6) is 0 Å². The fourth-order valence-electron chi connectivity index (χ4n) is 2.62. The van der Waals surface area contributed by atoms with Gasteiger partial charge in [-0.15, -0.1) is 0 Å². The molecule has 2 rings (SSSR count). The number of rotatable bonds is 6. The number of nitrogens with zero attached hydrogens (tertiary/aromatic N) is 3. The molecule has 0 atom stereocenters. The van der Waals surface area contributed by atoms with E-state index in [4.69, 9.17) is 5.73 Å².